The molecule has 4 aliphatic carbocycles. The summed E-state index contributed by atoms with van der Waals surface area (Å²) >= 11 is 0. The summed E-state index contributed by atoms with van der Waals surface area (Å²) in [6, 6.07) is 3.49. The Labute approximate surface area is 282 Å². The lowest BCUT2D eigenvalue weighted by molar-refractivity contribution is 0.0966. The molecule has 2 atom stereocenters. The number of nitrogens with one attached hydrogen (secondary N) is 1. The van der Waals surface area contributed by atoms with Crippen LogP contribution in [0.3, 0.4) is 0 Å². The number of hydrogen-bond acceptors (Lipinski definition) is 3. The molecule has 0 bridgehead atoms. The monoisotopic (exact) mass is 628 g/mol. The molecular formula is C42H52N4O. The molecule has 246 valence electrons. The molecule has 2 aromatic heterocycles. The van der Waals surface area contributed by atoms with Crippen LogP contribution in [-0.2, 0) is 6.42 Å². The Hall–Kier alpha value is -3.99. The van der Waals surface area contributed by atoms with Gasteiger partial charge in [-0.2, -0.15) is 0 Å². The molecule has 1 amide bonds. The van der Waals surface area contributed by atoms with Gasteiger partial charge in [-0.1, -0.05) is 109 Å². The molecule has 0 radical (unpaired) electrons. The van der Waals surface area contributed by atoms with Crippen LogP contribution in [0, 0.1) is 10.8 Å². The van der Waals surface area contributed by atoms with Crippen molar-refractivity contribution in [3.63, 3.8) is 0 Å². The summed E-state index contributed by atoms with van der Waals surface area (Å²) in [6.45, 7) is 9.21. The minimum Gasteiger partial charge on any atom is -0.322 e. The molecule has 0 aliphatic heterocycles. The van der Waals surface area contributed by atoms with E-state index in [0.717, 1.165) is 30.7 Å². The maximum Gasteiger partial charge on any atom is 0.255 e. The van der Waals surface area contributed by atoms with Crippen LogP contribution in [0.25, 0.3) is 5.70 Å². The van der Waals surface area contributed by atoms with E-state index < -0.39 is 0 Å². The highest BCUT2D eigenvalue weighted by Crippen LogP contribution is 2.59. The zero-order chi connectivity index (χ0) is 32.9. The van der Waals surface area contributed by atoms with Crippen LogP contribution < -0.4 is 5.32 Å². The number of carbonyl (C=O) groups excluding carboxylic acids is 1. The Morgan fingerprint density at radius 1 is 0.915 bits per heavy atom. The number of aryl methyl sites for hydroxylation is 1. The number of allylic oxidation sites excluding steroid dienone is 13. The van der Waals surface area contributed by atoms with Crippen LogP contribution in [-0.4, -0.2) is 20.4 Å². The van der Waals surface area contributed by atoms with Crippen molar-refractivity contribution < 1.29 is 4.79 Å². The van der Waals surface area contributed by atoms with E-state index in [1.54, 1.807) is 24.5 Å². The normalized spacial score (nSPS) is 22.9. The van der Waals surface area contributed by atoms with Crippen molar-refractivity contribution in [2.75, 3.05) is 0 Å². The fourth-order valence-corrected chi connectivity index (χ4v) is 7.90. The van der Waals surface area contributed by atoms with Crippen molar-refractivity contribution in [1.82, 2.24) is 19.9 Å². The van der Waals surface area contributed by atoms with Crippen LogP contribution in [0.15, 0.2) is 113 Å². The number of hydrogen-bond donors (Lipinski definition) is 1. The third-order valence-corrected chi connectivity index (χ3v) is 10.8. The first-order chi connectivity index (χ1) is 22.9. The standard InChI is InChI=1S/C42H52N4O/c1-5-7-8-9-10-11-12-13-14-15-16-32-27-38(46-29-34(6-2)44-30-46)42(4)24-20-37-36(39(32)42)18-17-33-28-35(19-23-41(33,37)3)45-40(47)31-21-25-43-26-22-31/h17-22,24-30H,5-16,23H2,1-4H3,(H,45,47)/t41-,42-/m1/s1. The zero-order valence-electron chi connectivity index (χ0n) is 28.9. The van der Waals surface area contributed by atoms with Gasteiger partial charge in [0.15, 0.2) is 0 Å². The lowest BCUT2D eigenvalue weighted by Crippen LogP contribution is -2.33. The van der Waals surface area contributed by atoms with E-state index in [4.69, 9.17) is 4.98 Å². The topological polar surface area (TPSA) is 59.8 Å². The average Bonchev–Trinajstić information content (AvgIpc) is 3.68. The van der Waals surface area contributed by atoms with E-state index in [9.17, 15) is 4.79 Å². The van der Waals surface area contributed by atoms with Gasteiger partial charge >= 0.3 is 0 Å². The molecule has 2 heterocycles. The number of amides is 1. The van der Waals surface area contributed by atoms with Gasteiger partial charge in [0.1, 0.15) is 0 Å². The minimum absolute atomic E-state index is 0.107. The van der Waals surface area contributed by atoms with E-state index in [-0.39, 0.29) is 16.7 Å². The van der Waals surface area contributed by atoms with E-state index >= 15 is 0 Å². The predicted octanol–water partition coefficient (Wildman–Crippen LogP) is 10.4. The first-order valence-corrected chi connectivity index (χ1v) is 18.1. The summed E-state index contributed by atoms with van der Waals surface area (Å²) in [5.41, 5.74) is 10.4. The number of carbonyl (C=O) groups is 1. The molecule has 0 fully saturated rings. The van der Waals surface area contributed by atoms with Gasteiger partial charge in [0.2, 0.25) is 0 Å². The molecule has 4 aliphatic rings. The fourth-order valence-electron chi connectivity index (χ4n) is 7.90. The Kier molecular flexibility index (Phi) is 10.1. The van der Waals surface area contributed by atoms with Crippen molar-refractivity contribution in [3.8, 4) is 0 Å². The third-order valence-electron chi connectivity index (χ3n) is 10.8. The van der Waals surface area contributed by atoms with Crippen LogP contribution in [0.5, 0.6) is 0 Å². The summed E-state index contributed by atoms with van der Waals surface area (Å²) < 4.78 is 2.26. The van der Waals surface area contributed by atoms with Gasteiger partial charge in [-0.05, 0) is 84.8 Å². The van der Waals surface area contributed by atoms with Gasteiger partial charge in [0.05, 0.1) is 17.4 Å². The second-order valence-electron chi connectivity index (χ2n) is 14.2. The van der Waals surface area contributed by atoms with Crippen molar-refractivity contribution in [1.29, 1.82) is 0 Å². The Balaban J connectivity index is 1.21. The molecule has 0 saturated carbocycles. The second kappa shape index (κ2) is 14.4. The van der Waals surface area contributed by atoms with Gasteiger partial charge in [0.25, 0.3) is 5.91 Å². The molecule has 5 nitrogen and oxygen atoms in total. The first kappa shape index (κ1) is 32.9. The molecule has 5 heteroatoms. The SMILES string of the molecule is CCCCCCCCCCCCC1=C2C3=C(C=C[C@]2(C)C(n2cnc(CC)c2)=C1)[C@]1(C)CC=C(NC(=O)c2ccncc2)C=C1C=C3. The number of nitrogens with zero attached hydrogens (tertiary/aromatic N) is 3. The number of unbranched alkanes of at least 4 members (excludes halogenated alkanes) is 9. The molecule has 1 N–H and O–H groups in total. The summed E-state index contributed by atoms with van der Waals surface area (Å²) in [7, 11) is 0. The largest absolute Gasteiger partial charge is 0.322 e. The Morgan fingerprint density at radius 2 is 1.64 bits per heavy atom. The lowest BCUT2D eigenvalue weighted by Gasteiger charge is -2.43. The number of imidazole rings is 1. The van der Waals surface area contributed by atoms with Crippen LogP contribution >= 0.6 is 0 Å². The molecule has 6 rings (SSSR count). The molecule has 0 aromatic carbocycles. The predicted molar refractivity (Wildman–Crippen MR) is 193 cm³/mol. The van der Waals surface area contributed by atoms with E-state index in [0.29, 0.717) is 5.56 Å². The van der Waals surface area contributed by atoms with Crippen LogP contribution in [0.4, 0.5) is 0 Å². The highest BCUT2D eigenvalue weighted by Gasteiger charge is 2.46. The molecule has 0 saturated heterocycles. The number of aromatic nitrogens is 3. The summed E-state index contributed by atoms with van der Waals surface area (Å²) in [4.78, 5) is 21.6. The van der Waals surface area contributed by atoms with E-state index in [2.05, 4.69) is 91.3 Å². The number of rotatable bonds is 15. The van der Waals surface area contributed by atoms with Gasteiger partial charge in [-0.15, -0.1) is 0 Å². The van der Waals surface area contributed by atoms with E-state index in [1.807, 2.05) is 6.33 Å². The van der Waals surface area contributed by atoms with Crippen LogP contribution in [0.2, 0.25) is 0 Å². The molecule has 0 unspecified atom stereocenters. The molecule has 0 spiro atoms. The summed E-state index contributed by atoms with van der Waals surface area (Å²) in [5.74, 6) is -0.107. The highest BCUT2D eigenvalue weighted by atomic mass is 16.1. The molecular weight excluding hydrogens is 576 g/mol. The van der Waals surface area contributed by atoms with Crippen molar-refractivity contribution in [2.45, 2.75) is 111 Å². The number of fused-ring (bicyclic) bond motifs is 4. The van der Waals surface area contributed by atoms with Gasteiger partial charge < -0.3 is 9.88 Å². The van der Waals surface area contributed by atoms with Gasteiger partial charge in [-0.25, -0.2) is 4.98 Å². The second-order valence-corrected chi connectivity index (χ2v) is 14.2. The zero-order valence-corrected chi connectivity index (χ0v) is 28.9. The van der Waals surface area contributed by atoms with Crippen molar-refractivity contribution in [3.05, 3.63) is 124 Å². The Bertz CT molecular complexity index is 1690. The first-order valence-electron chi connectivity index (χ1n) is 18.1. The maximum absolute atomic E-state index is 12.9. The third kappa shape index (κ3) is 6.72. The molecule has 47 heavy (non-hydrogen) atoms. The van der Waals surface area contributed by atoms with Crippen molar-refractivity contribution >= 4 is 11.6 Å². The highest BCUT2D eigenvalue weighted by molar-refractivity contribution is 5.95. The maximum atomic E-state index is 12.9. The molecule has 2 aromatic rings. The van der Waals surface area contributed by atoms with Gasteiger partial charge in [0, 0.05) is 41.0 Å². The minimum atomic E-state index is -0.214. The summed E-state index contributed by atoms with van der Waals surface area (Å²) in [5, 5.41) is 3.11. The van der Waals surface area contributed by atoms with Crippen molar-refractivity contribution in [2.24, 2.45) is 10.8 Å². The number of pyridine rings is 1. The summed E-state index contributed by atoms with van der Waals surface area (Å²) in [6.07, 6.45) is 40.1. The fraction of sp³-hybridized carbons (Fsp3) is 0.452. The quantitative estimate of drug-likeness (QED) is 0.200. The smallest absolute Gasteiger partial charge is 0.255 e. The van der Waals surface area contributed by atoms with Crippen LogP contribution in [0.1, 0.15) is 121 Å². The average molecular weight is 629 g/mol. The van der Waals surface area contributed by atoms with Gasteiger partial charge in [-0.3, -0.25) is 9.78 Å². The Morgan fingerprint density at radius 3 is 2.34 bits per heavy atom. The van der Waals surface area contributed by atoms with E-state index in [1.165, 1.54) is 97.8 Å². The lowest BCUT2D eigenvalue weighted by atomic mass is 9.61.